The molecular formula is C16H23NO2. The number of carbonyl (C=O) groups excluding carboxylic acids is 2. The normalized spacial score (nSPS) is 24.3. The van der Waals surface area contributed by atoms with E-state index in [1.807, 2.05) is 6.92 Å². The first-order valence-electron chi connectivity index (χ1n) is 7.47. The zero-order valence-electron chi connectivity index (χ0n) is 11.8. The van der Waals surface area contributed by atoms with E-state index in [2.05, 4.69) is 5.92 Å². The van der Waals surface area contributed by atoms with Crippen molar-refractivity contribution in [2.45, 2.75) is 70.8 Å². The number of amides is 2. The molecule has 1 unspecified atom stereocenters. The summed E-state index contributed by atoms with van der Waals surface area (Å²) in [6, 6.07) is -0.340. The lowest BCUT2D eigenvalue weighted by atomic mass is 9.79. The van der Waals surface area contributed by atoms with Crippen LogP contribution in [0.5, 0.6) is 0 Å². The van der Waals surface area contributed by atoms with Crippen LogP contribution in [0.15, 0.2) is 0 Å². The van der Waals surface area contributed by atoms with E-state index in [-0.39, 0.29) is 17.9 Å². The standard InChI is InChI=1S/C16H23NO2/c1-3-9-13(4-2)17-14(18)12-16(15(17)19)10-7-5-6-8-11-16/h2,13H,3,5-12H2,1H3. The summed E-state index contributed by atoms with van der Waals surface area (Å²) in [6.45, 7) is 2.02. The molecule has 1 aliphatic heterocycles. The minimum atomic E-state index is -0.420. The Morgan fingerprint density at radius 2 is 1.89 bits per heavy atom. The third-order valence-corrected chi connectivity index (χ3v) is 4.56. The number of nitrogens with zero attached hydrogens (tertiary/aromatic N) is 1. The highest BCUT2D eigenvalue weighted by atomic mass is 16.2. The number of likely N-dealkylation sites (tertiary alicyclic amines) is 1. The van der Waals surface area contributed by atoms with Gasteiger partial charge in [-0.25, -0.2) is 0 Å². The van der Waals surface area contributed by atoms with Gasteiger partial charge in [-0.1, -0.05) is 44.9 Å². The van der Waals surface area contributed by atoms with Crippen LogP contribution in [0.25, 0.3) is 0 Å². The number of imide groups is 1. The fourth-order valence-electron chi connectivity index (χ4n) is 3.49. The van der Waals surface area contributed by atoms with Crippen molar-refractivity contribution in [1.29, 1.82) is 0 Å². The Morgan fingerprint density at radius 3 is 2.42 bits per heavy atom. The maximum absolute atomic E-state index is 12.7. The second-order valence-corrected chi connectivity index (χ2v) is 5.91. The first-order chi connectivity index (χ1) is 9.14. The van der Waals surface area contributed by atoms with Gasteiger partial charge in [0.05, 0.1) is 5.41 Å². The first-order valence-corrected chi connectivity index (χ1v) is 7.47. The molecule has 1 spiro atoms. The van der Waals surface area contributed by atoms with Crippen molar-refractivity contribution in [2.75, 3.05) is 0 Å². The quantitative estimate of drug-likeness (QED) is 0.578. The number of hydrogen-bond donors (Lipinski definition) is 0. The predicted octanol–water partition coefficient (Wildman–Crippen LogP) is 2.89. The molecule has 0 aromatic heterocycles. The van der Waals surface area contributed by atoms with Crippen molar-refractivity contribution in [3.8, 4) is 12.3 Å². The minimum absolute atomic E-state index is 0.0100. The van der Waals surface area contributed by atoms with E-state index in [0.29, 0.717) is 12.8 Å². The summed E-state index contributed by atoms with van der Waals surface area (Å²) in [6.07, 6.45) is 13.7. The highest BCUT2D eigenvalue weighted by molar-refractivity contribution is 6.06. The third kappa shape index (κ3) is 2.54. The molecule has 1 saturated carbocycles. The molecule has 3 heteroatoms. The zero-order valence-corrected chi connectivity index (χ0v) is 11.8. The monoisotopic (exact) mass is 261 g/mol. The second kappa shape index (κ2) is 5.77. The van der Waals surface area contributed by atoms with Crippen LogP contribution in [-0.4, -0.2) is 22.8 Å². The molecule has 0 radical (unpaired) electrons. The first kappa shape index (κ1) is 14.1. The lowest BCUT2D eigenvalue weighted by Gasteiger charge is -2.27. The van der Waals surface area contributed by atoms with E-state index in [0.717, 1.165) is 32.1 Å². The van der Waals surface area contributed by atoms with E-state index in [1.54, 1.807) is 0 Å². The van der Waals surface area contributed by atoms with Crippen LogP contribution in [0.4, 0.5) is 0 Å². The maximum atomic E-state index is 12.7. The Labute approximate surface area is 115 Å². The summed E-state index contributed by atoms with van der Waals surface area (Å²) in [5.74, 6) is 2.59. The molecule has 3 nitrogen and oxygen atoms in total. The molecule has 0 aromatic carbocycles. The Balaban J connectivity index is 2.22. The lowest BCUT2D eigenvalue weighted by molar-refractivity contribution is -0.143. The highest BCUT2D eigenvalue weighted by Crippen LogP contribution is 2.45. The topological polar surface area (TPSA) is 37.4 Å². The van der Waals surface area contributed by atoms with Gasteiger partial charge in [0.1, 0.15) is 6.04 Å². The smallest absolute Gasteiger partial charge is 0.236 e. The zero-order chi connectivity index (χ0) is 13.9. The Morgan fingerprint density at radius 1 is 1.26 bits per heavy atom. The molecule has 0 bridgehead atoms. The summed E-state index contributed by atoms with van der Waals surface area (Å²) in [7, 11) is 0. The number of rotatable bonds is 3. The van der Waals surface area contributed by atoms with Crippen LogP contribution in [0, 0.1) is 17.8 Å². The van der Waals surface area contributed by atoms with Gasteiger partial charge in [-0.2, -0.15) is 0 Å². The van der Waals surface area contributed by atoms with Crippen LogP contribution in [-0.2, 0) is 9.59 Å². The molecule has 1 heterocycles. The van der Waals surface area contributed by atoms with Crippen molar-refractivity contribution in [3.63, 3.8) is 0 Å². The van der Waals surface area contributed by atoms with Gasteiger partial charge in [0, 0.05) is 6.42 Å². The summed E-state index contributed by atoms with van der Waals surface area (Å²) >= 11 is 0. The Hall–Kier alpha value is -1.30. The lowest BCUT2D eigenvalue weighted by Crippen LogP contribution is -2.42. The molecule has 19 heavy (non-hydrogen) atoms. The van der Waals surface area contributed by atoms with Gasteiger partial charge in [0.25, 0.3) is 0 Å². The summed E-state index contributed by atoms with van der Waals surface area (Å²) in [5.41, 5.74) is -0.420. The van der Waals surface area contributed by atoms with E-state index in [4.69, 9.17) is 6.42 Å². The van der Waals surface area contributed by atoms with Crippen molar-refractivity contribution >= 4 is 11.8 Å². The fourth-order valence-corrected chi connectivity index (χ4v) is 3.49. The van der Waals surface area contributed by atoms with Gasteiger partial charge in [0.2, 0.25) is 11.8 Å². The highest BCUT2D eigenvalue weighted by Gasteiger charge is 2.52. The Kier molecular flexibility index (Phi) is 4.29. The molecule has 104 valence electrons. The van der Waals surface area contributed by atoms with Gasteiger partial charge in [-0.15, -0.1) is 6.42 Å². The third-order valence-electron chi connectivity index (χ3n) is 4.56. The molecule has 1 saturated heterocycles. The Bertz CT molecular complexity index is 399. The molecule has 1 atom stereocenters. The maximum Gasteiger partial charge on any atom is 0.236 e. The average molecular weight is 261 g/mol. The van der Waals surface area contributed by atoms with Crippen molar-refractivity contribution in [2.24, 2.45) is 5.41 Å². The van der Waals surface area contributed by atoms with E-state index in [1.165, 1.54) is 17.7 Å². The molecule has 0 N–H and O–H groups in total. The number of terminal acetylenes is 1. The van der Waals surface area contributed by atoms with Gasteiger partial charge in [0.15, 0.2) is 0 Å². The van der Waals surface area contributed by atoms with Gasteiger partial charge < -0.3 is 0 Å². The SMILES string of the molecule is C#CC(CCC)N1C(=O)CC2(CCCCCC2)C1=O. The van der Waals surface area contributed by atoms with Crippen LogP contribution >= 0.6 is 0 Å². The van der Waals surface area contributed by atoms with Gasteiger partial charge >= 0.3 is 0 Å². The summed E-state index contributed by atoms with van der Waals surface area (Å²) in [4.78, 5) is 26.4. The van der Waals surface area contributed by atoms with Crippen LogP contribution in [0.3, 0.4) is 0 Å². The minimum Gasteiger partial charge on any atom is -0.274 e. The van der Waals surface area contributed by atoms with Crippen molar-refractivity contribution in [1.82, 2.24) is 4.90 Å². The van der Waals surface area contributed by atoms with Crippen molar-refractivity contribution in [3.05, 3.63) is 0 Å². The average Bonchev–Trinajstić information content (AvgIpc) is 2.59. The van der Waals surface area contributed by atoms with E-state index < -0.39 is 5.41 Å². The molecular weight excluding hydrogens is 238 g/mol. The molecule has 0 aromatic rings. The summed E-state index contributed by atoms with van der Waals surface area (Å²) < 4.78 is 0. The van der Waals surface area contributed by atoms with E-state index >= 15 is 0 Å². The molecule has 2 aliphatic rings. The van der Waals surface area contributed by atoms with Crippen LogP contribution < -0.4 is 0 Å². The fraction of sp³-hybridized carbons (Fsp3) is 0.750. The van der Waals surface area contributed by atoms with Crippen molar-refractivity contribution < 1.29 is 9.59 Å². The number of carbonyl (C=O) groups is 2. The van der Waals surface area contributed by atoms with E-state index in [9.17, 15) is 9.59 Å². The molecule has 2 rings (SSSR count). The second-order valence-electron chi connectivity index (χ2n) is 5.91. The van der Waals surface area contributed by atoms with Gasteiger partial charge in [-0.3, -0.25) is 14.5 Å². The van der Waals surface area contributed by atoms with Crippen LogP contribution in [0.2, 0.25) is 0 Å². The number of hydrogen-bond acceptors (Lipinski definition) is 2. The molecule has 2 fully saturated rings. The molecule has 2 amide bonds. The largest absolute Gasteiger partial charge is 0.274 e. The van der Waals surface area contributed by atoms with Crippen LogP contribution in [0.1, 0.15) is 64.7 Å². The predicted molar refractivity (Wildman–Crippen MR) is 74.1 cm³/mol. The molecule has 1 aliphatic carbocycles. The summed E-state index contributed by atoms with van der Waals surface area (Å²) in [5, 5.41) is 0. The van der Waals surface area contributed by atoms with Gasteiger partial charge in [-0.05, 0) is 19.3 Å².